The van der Waals surface area contributed by atoms with Crippen molar-refractivity contribution in [2.75, 3.05) is 9.44 Å². The average molecular weight is 438 g/mol. The van der Waals surface area contributed by atoms with E-state index in [-0.39, 0.29) is 9.79 Å². The maximum absolute atomic E-state index is 12.7. The van der Waals surface area contributed by atoms with Crippen molar-refractivity contribution in [3.8, 4) is 0 Å². The first-order valence-corrected chi connectivity index (χ1v) is 11.9. The van der Waals surface area contributed by atoms with Gasteiger partial charge in [0.05, 0.1) is 9.79 Å². The van der Waals surface area contributed by atoms with Gasteiger partial charge in [0.15, 0.2) is 0 Å². The van der Waals surface area contributed by atoms with Crippen molar-refractivity contribution >= 4 is 42.2 Å². The number of hydrogen-bond donors (Lipinski definition) is 2. The van der Waals surface area contributed by atoms with Crippen LogP contribution in [0, 0.1) is 6.07 Å². The number of benzene rings is 4. The normalized spacial score (nSPS) is 11.9. The first kappa shape index (κ1) is 19.9. The van der Waals surface area contributed by atoms with E-state index in [1.54, 1.807) is 66.7 Å². The highest BCUT2D eigenvalue weighted by atomic mass is 32.2. The molecule has 0 amide bonds. The van der Waals surface area contributed by atoms with Crippen LogP contribution < -0.4 is 9.44 Å². The molecule has 0 spiro atoms. The second kappa shape index (κ2) is 7.81. The van der Waals surface area contributed by atoms with Crippen molar-refractivity contribution in [3.05, 3.63) is 97.1 Å². The topological polar surface area (TPSA) is 92.3 Å². The first-order chi connectivity index (χ1) is 14.3. The minimum atomic E-state index is -3.85. The zero-order valence-electron chi connectivity index (χ0n) is 15.6. The van der Waals surface area contributed by atoms with Crippen LogP contribution in [0.5, 0.6) is 0 Å². The Morgan fingerprint density at radius 2 is 1.10 bits per heavy atom. The van der Waals surface area contributed by atoms with Gasteiger partial charge in [-0.2, -0.15) is 0 Å². The lowest BCUT2D eigenvalue weighted by molar-refractivity contribution is 0.600. The highest BCUT2D eigenvalue weighted by molar-refractivity contribution is 7.93. The number of sulfonamides is 2. The molecule has 0 aliphatic carbocycles. The minimum absolute atomic E-state index is 0.00980. The van der Waals surface area contributed by atoms with Gasteiger partial charge >= 0.3 is 0 Å². The monoisotopic (exact) mass is 437 g/mol. The van der Waals surface area contributed by atoms with Gasteiger partial charge in [-0.1, -0.05) is 42.5 Å². The standard InChI is InChI=1S/C22H17N2O4S2/c25-29(26,23-19-7-3-1-4-8-19)21-13-11-17-12-14-22(16-18(17)15-21)30(27,28)24-20-9-5-2-6-10-20/h1-11,13-16,23-24H. The van der Waals surface area contributed by atoms with Crippen LogP contribution in [0.25, 0.3) is 10.8 Å². The van der Waals surface area contributed by atoms with Gasteiger partial charge in [-0.15, -0.1) is 0 Å². The molecule has 0 saturated carbocycles. The van der Waals surface area contributed by atoms with Crippen LogP contribution in [0.4, 0.5) is 11.4 Å². The fourth-order valence-electron chi connectivity index (χ4n) is 2.90. The van der Waals surface area contributed by atoms with E-state index < -0.39 is 20.0 Å². The molecule has 4 aromatic rings. The SMILES string of the molecule is O=S(=O)(Nc1ccccc1)c1c[c]c2ccc(S(=O)(=O)Nc3ccccc3)cc2c1. The summed E-state index contributed by atoms with van der Waals surface area (Å²) < 4.78 is 55.9. The molecular formula is C22H17N2O4S2. The third-order valence-corrected chi connectivity index (χ3v) is 7.10. The fraction of sp³-hybridized carbons (Fsp3) is 0. The van der Waals surface area contributed by atoms with Crippen LogP contribution in [-0.4, -0.2) is 16.8 Å². The molecule has 0 aliphatic heterocycles. The van der Waals surface area contributed by atoms with Gasteiger partial charge in [-0.05, 0) is 65.4 Å². The van der Waals surface area contributed by atoms with Crippen molar-refractivity contribution in [3.63, 3.8) is 0 Å². The van der Waals surface area contributed by atoms with E-state index in [4.69, 9.17) is 0 Å². The van der Waals surface area contributed by atoms with E-state index in [1.165, 1.54) is 24.3 Å². The number of rotatable bonds is 6. The summed E-state index contributed by atoms with van der Waals surface area (Å²) in [5, 5.41) is 1.05. The maximum atomic E-state index is 12.7. The van der Waals surface area contributed by atoms with Gasteiger partial charge in [0, 0.05) is 11.4 Å². The smallest absolute Gasteiger partial charge is 0.261 e. The number of nitrogens with one attached hydrogen (secondary N) is 2. The summed E-state index contributed by atoms with van der Waals surface area (Å²) in [6, 6.07) is 27.2. The molecule has 0 fully saturated rings. The third-order valence-electron chi connectivity index (χ3n) is 4.36. The second-order valence-corrected chi connectivity index (χ2v) is 9.89. The third kappa shape index (κ3) is 4.29. The Labute approximate surface area is 175 Å². The molecule has 0 saturated heterocycles. The highest BCUT2D eigenvalue weighted by Crippen LogP contribution is 2.25. The molecule has 4 rings (SSSR count). The molecule has 6 nitrogen and oxygen atoms in total. The van der Waals surface area contributed by atoms with Gasteiger partial charge in [-0.25, -0.2) is 16.8 Å². The Hall–Kier alpha value is -3.36. The predicted octanol–water partition coefficient (Wildman–Crippen LogP) is 4.24. The van der Waals surface area contributed by atoms with Crippen LogP contribution in [0.1, 0.15) is 0 Å². The summed E-state index contributed by atoms with van der Waals surface area (Å²) in [4.78, 5) is 0.0160. The molecule has 30 heavy (non-hydrogen) atoms. The summed E-state index contributed by atoms with van der Waals surface area (Å²) in [5.41, 5.74) is 0.869. The predicted molar refractivity (Wildman–Crippen MR) is 117 cm³/mol. The fourth-order valence-corrected chi connectivity index (χ4v) is 5.05. The molecule has 1 radical (unpaired) electrons. The quantitative estimate of drug-likeness (QED) is 0.472. The Kier molecular flexibility index (Phi) is 5.19. The van der Waals surface area contributed by atoms with Gasteiger partial charge in [-0.3, -0.25) is 9.44 Å². The number of anilines is 2. The van der Waals surface area contributed by atoms with E-state index in [2.05, 4.69) is 15.5 Å². The van der Waals surface area contributed by atoms with Crippen molar-refractivity contribution in [1.29, 1.82) is 0 Å². The van der Waals surface area contributed by atoms with Crippen LogP contribution in [0.2, 0.25) is 0 Å². The molecule has 8 heteroatoms. The highest BCUT2D eigenvalue weighted by Gasteiger charge is 2.18. The van der Waals surface area contributed by atoms with Crippen LogP contribution >= 0.6 is 0 Å². The van der Waals surface area contributed by atoms with Crippen molar-refractivity contribution < 1.29 is 16.8 Å². The zero-order valence-corrected chi connectivity index (χ0v) is 17.2. The molecule has 0 atom stereocenters. The number of para-hydroxylation sites is 2. The summed E-state index contributed by atoms with van der Waals surface area (Å²) >= 11 is 0. The molecular weight excluding hydrogens is 420 g/mol. The summed E-state index contributed by atoms with van der Waals surface area (Å²) in [6.45, 7) is 0. The van der Waals surface area contributed by atoms with Gasteiger partial charge in [0.25, 0.3) is 20.0 Å². The number of hydrogen-bond acceptors (Lipinski definition) is 4. The first-order valence-electron chi connectivity index (χ1n) is 8.95. The summed E-state index contributed by atoms with van der Waals surface area (Å²) in [7, 11) is -7.68. The number of fused-ring (bicyclic) bond motifs is 1. The molecule has 2 N–H and O–H groups in total. The molecule has 0 aromatic heterocycles. The minimum Gasteiger partial charge on any atom is -0.280 e. The maximum Gasteiger partial charge on any atom is 0.261 e. The Bertz CT molecular complexity index is 1300. The second-order valence-electron chi connectivity index (χ2n) is 6.53. The summed E-state index contributed by atoms with van der Waals surface area (Å²) in [5.74, 6) is 0. The van der Waals surface area contributed by atoms with Crippen LogP contribution in [0.15, 0.2) is 101 Å². The Balaban J connectivity index is 1.69. The zero-order chi connectivity index (χ0) is 21.2. The molecule has 151 valence electrons. The molecule has 0 unspecified atom stereocenters. The Morgan fingerprint density at radius 1 is 0.600 bits per heavy atom. The Morgan fingerprint density at radius 3 is 1.67 bits per heavy atom. The van der Waals surface area contributed by atoms with E-state index in [0.29, 0.717) is 22.1 Å². The molecule has 0 bridgehead atoms. The van der Waals surface area contributed by atoms with Crippen LogP contribution in [-0.2, 0) is 20.0 Å². The molecule has 0 aliphatic rings. The van der Waals surface area contributed by atoms with E-state index in [0.717, 1.165) is 0 Å². The van der Waals surface area contributed by atoms with Crippen molar-refractivity contribution in [2.24, 2.45) is 0 Å². The van der Waals surface area contributed by atoms with Crippen molar-refractivity contribution in [1.82, 2.24) is 0 Å². The van der Waals surface area contributed by atoms with E-state index >= 15 is 0 Å². The lowest BCUT2D eigenvalue weighted by Crippen LogP contribution is -2.13. The van der Waals surface area contributed by atoms with Crippen LogP contribution in [0.3, 0.4) is 0 Å². The lowest BCUT2D eigenvalue weighted by atomic mass is 10.1. The van der Waals surface area contributed by atoms with E-state index in [9.17, 15) is 16.8 Å². The lowest BCUT2D eigenvalue weighted by Gasteiger charge is -2.11. The van der Waals surface area contributed by atoms with Gasteiger partial charge in [0.1, 0.15) is 0 Å². The average Bonchev–Trinajstić information content (AvgIpc) is 2.74. The molecule has 0 heterocycles. The molecule has 4 aromatic carbocycles. The van der Waals surface area contributed by atoms with Gasteiger partial charge in [0.2, 0.25) is 0 Å². The largest absolute Gasteiger partial charge is 0.280 e. The van der Waals surface area contributed by atoms with E-state index in [1.807, 2.05) is 0 Å². The van der Waals surface area contributed by atoms with Crippen molar-refractivity contribution in [2.45, 2.75) is 9.79 Å². The van der Waals surface area contributed by atoms with Gasteiger partial charge < -0.3 is 0 Å². The summed E-state index contributed by atoms with van der Waals surface area (Å²) in [6.07, 6.45) is 0.